The van der Waals surface area contributed by atoms with Crippen LogP contribution in [0.2, 0.25) is 0 Å². The molecule has 2 aliphatic rings. The largest absolute Gasteiger partial charge is 0.444 e. The molecule has 7 heteroatoms. The Morgan fingerprint density at radius 1 is 1.28 bits per heavy atom. The van der Waals surface area contributed by atoms with Gasteiger partial charge in [-0.3, -0.25) is 0 Å². The number of carbonyl (C=O) groups is 1. The lowest BCUT2D eigenvalue weighted by molar-refractivity contribution is -0.0770. The number of ether oxygens (including phenoxy) is 2. The van der Waals surface area contributed by atoms with E-state index in [-0.39, 0.29) is 12.0 Å². The van der Waals surface area contributed by atoms with Crippen LogP contribution in [0.4, 0.5) is 4.79 Å². The molecule has 1 saturated heterocycles. The first kappa shape index (κ1) is 19.9. The zero-order valence-electron chi connectivity index (χ0n) is 17.6. The summed E-state index contributed by atoms with van der Waals surface area (Å²) < 4.78 is 17.2. The van der Waals surface area contributed by atoms with E-state index in [0.717, 1.165) is 30.4 Å². The summed E-state index contributed by atoms with van der Waals surface area (Å²) in [6.45, 7) is 9.27. The third kappa shape index (κ3) is 4.15. The van der Waals surface area contributed by atoms with E-state index in [1.165, 1.54) is 0 Å². The summed E-state index contributed by atoms with van der Waals surface area (Å²) in [5, 5.41) is 4.24. The number of hydrogen-bond acceptors (Lipinski definition) is 6. The summed E-state index contributed by atoms with van der Waals surface area (Å²) in [6, 6.07) is 8.07. The first-order chi connectivity index (χ1) is 13.8. The van der Waals surface area contributed by atoms with Crippen LogP contribution >= 0.6 is 0 Å². The van der Waals surface area contributed by atoms with Crippen molar-refractivity contribution in [2.75, 3.05) is 13.2 Å². The number of rotatable bonds is 2. The third-order valence-electron chi connectivity index (χ3n) is 5.53. The number of nitrogens with zero attached hydrogens (tertiary/aromatic N) is 3. The average Bonchev–Trinajstić information content (AvgIpc) is 3.17. The van der Waals surface area contributed by atoms with Gasteiger partial charge in [0.25, 0.3) is 0 Å². The van der Waals surface area contributed by atoms with Gasteiger partial charge >= 0.3 is 6.09 Å². The fourth-order valence-corrected chi connectivity index (χ4v) is 3.99. The molecule has 2 aromatic rings. The first-order valence-corrected chi connectivity index (χ1v) is 10.3. The molecule has 1 fully saturated rings. The van der Waals surface area contributed by atoms with Gasteiger partial charge in [0.15, 0.2) is 0 Å². The quantitative estimate of drug-likeness (QED) is 0.746. The van der Waals surface area contributed by atoms with Crippen molar-refractivity contribution in [3.8, 4) is 0 Å². The zero-order chi connectivity index (χ0) is 20.6. The lowest BCUT2D eigenvalue weighted by atomic mass is 9.89. The summed E-state index contributed by atoms with van der Waals surface area (Å²) in [6.07, 6.45) is 2.68. The number of fused-ring (bicyclic) bond motifs is 1. The molecule has 1 aromatic heterocycles. The minimum absolute atomic E-state index is 0.194. The van der Waals surface area contributed by atoms with Gasteiger partial charge in [0, 0.05) is 19.7 Å². The highest BCUT2D eigenvalue weighted by Crippen LogP contribution is 2.37. The first-order valence-electron chi connectivity index (χ1n) is 10.3. The molecule has 1 amide bonds. The van der Waals surface area contributed by atoms with E-state index in [1.54, 1.807) is 4.90 Å². The van der Waals surface area contributed by atoms with E-state index in [9.17, 15) is 4.79 Å². The van der Waals surface area contributed by atoms with E-state index in [1.807, 2.05) is 45.9 Å². The van der Waals surface area contributed by atoms with Crippen LogP contribution in [0.5, 0.6) is 0 Å². The predicted molar refractivity (Wildman–Crippen MR) is 106 cm³/mol. The Kier molecular flexibility index (Phi) is 5.11. The molecule has 2 aliphatic heterocycles. The average molecular weight is 399 g/mol. The Bertz CT molecular complexity index is 880. The van der Waals surface area contributed by atoms with Gasteiger partial charge in [0.05, 0.1) is 5.92 Å². The molecule has 3 heterocycles. The van der Waals surface area contributed by atoms with E-state index >= 15 is 0 Å². The van der Waals surface area contributed by atoms with Crippen LogP contribution in [0.3, 0.4) is 0 Å². The van der Waals surface area contributed by atoms with Gasteiger partial charge in [-0.05, 0) is 58.1 Å². The Balaban J connectivity index is 1.63. The van der Waals surface area contributed by atoms with Crippen molar-refractivity contribution in [1.82, 2.24) is 15.0 Å². The Morgan fingerprint density at radius 2 is 2.07 bits per heavy atom. The molecule has 0 bridgehead atoms. The van der Waals surface area contributed by atoms with Crippen LogP contribution in [0.25, 0.3) is 0 Å². The van der Waals surface area contributed by atoms with Crippen LogP contribution in [0, 0.1) is 0 Å². The molecular formula is C22H29N3O4. The van der Waals surface area contributed by atoms with E-state index in [2.05, 4.69) is 11.2 Å². The maximum absolute atomic E-state index is 12.7. The maximum atomic E-state index is 12.7. The van der Waals surface area contributed by atoms with Crippen molar-refractivity contribution in [3.05, 3.63) is 47.1 Å². The highest BCUT2D eigenvalue weighted by molar-refractivity contribution is 5.69. The van der Waals surface area contributed by atoms with Crippen LogP contribution in [0.15, 0.2) is 28.8 Å². The van der Waals surface area contributed by atoms with Gasteiger partial charge in [-0.1, -0.05) is 29.4 Å². The highest BCUT2D eigenvalue weighted by Gasteiger charge is 2.38. The lowest BCUT2D eigenvalue weighted by Gasteiger charge is -2.34. The van der Waals surface area contributed by atoms with E-state index < -0.39 is 11.2 Å². The van der Waals surface area contributed by atoms with Gasteiger partial charge in [-0.2, -0.15) is 4.98 Å². The van der Waals surface area contributed by atoms with Crippen LogP contribution in [-0.2, 0) is 21.6 Å². The molecule has 0 N–H and O–H groups in total. The van der Waals surface area contributed by atoms with E-state index in [4.69, 9.17) is 19.0 Å². The van der Waals surface area contributed by atoms with Crippen LogP contribution in [0.1, 0.15) is 75.7 Å². The number of hydrogen-bond donors (Lipinski definition) is 0. The highest BCUT2D eigenvalue weighted by atomic mass is 16.6. The standard InChI is InChI=1S/C22H29N3O4/c1-21(2,3)28-20(26)25-13-15-9-5-6-10-16(15)17(14-25)18-23-19(24-29-18)22(4)11-7-8-12-27-22/h5-6,9-10,17H,7-8,11-14H2,1-4H3. The number of aromatic nitrogens is 2. The summed E-state index contributed by atoms with van der Waals surface area (Å²) in [4.78, 5) is 19.1. The molecule has 0 aliphatic carbocycles. The van der Waals surface area contributed by atoms with Gasteiger partial charge in [0.2, 0.25) is 11.7 Å². The number of carbonyl (C=O) groups excluding carboxylic acids is 1. The predicted octanol–water partition coefficient (Wildman–Crippen LogP) is 4.37. The summed E-state index contributed by atoms with van der Waals surface area (Å²) in [7, 11) is 0. The van der Waals surface area contributed by atoms with E-state index in [0.29, 0.717) is 31.4 Å². The molecule has 29 heavy (non-hydrogen) atoms. The van der Waals surface area contributed by atoms with Crippen LogP contribution in [-0.4, -0.2) is 39.9 Å². The Hall–Kier alpha value is -2.41. The van der Waals surface area contributed by atoms with Gasteiger partial charge in [-0.15, -0.1) is 0 Å². The van der Waals surface area contributed by atoms with Crippen molar-refractivity contribution in [2.24, 2.45) is 0 Å². The second kappa shape index (κ2) is 7.44. The van der Waals surface area contributed by atoms with Crippen molar-refractivity contribution in [2.45, 2.75) is 70.6 Å². The molecule has 0 saturated carbocycles. The Labute approximate surface area is 171 Å². The summed E-state index contributed by atoms with van der Waals surface area (Å²) in [5.74, 6) is 0.899. The maximum Gasteiger partial charge on any atom is 0.410 e. The molecule has 2 atom stereocenters. The Morgan fingerprint density at radius 3 is 2.79 bits per heavy atom. The molecular weight excluding hydrogens is 370 g/mol. The monoisotopic (exact) mass is 399 g/mol. The van der Waals surface area contributed by atoms with Gasteiger partial charge < -0.3 is 18.9 Å². The SMILES string of the molecule is CC(C)(C)OC(=O)N1Cc2ccccc2C(c2nc(C3(C)CCCCO3)no2)C1. The molecule has 156 valence electrons. The van der Waals surface area contributed by atoms with Crippen molar-refractivity contribution >= 4 is 6.09 Å². The molecule has 1 aromatic carbocycles. The lowest BCUT2D eigenvalue weighted by Crippen LogP contribution is -2.41. The zero-order valence-corrected chi connectivity index (χ0v) is 17.6. The fraction of sp³-hybridized carbons (Fsp3) is 0.591. The van der Waals surface area contributed by atoms with Crippen LogP contribution < -0.4 is 0 Å². The topological polar surface area (TPSA) is 77.7 Å². The molecule has 2 unspecified atom stereocenters. The van der Waals surface area contributed by atoms with Gasteiger partial charge in [0.1, 0.15) is 11.2 Å². The summed E-state index contributed by atoms with van der Waals surface area (Å²) in [5.41, 5.74) is 1.11. The van der Waals surface area contributed by atoms with Crippen molar-refractivity contribution < 1.29 is 18.8 Å². The summed E-state index contributed by atoms with van der Waals surface area (Å²) >= 11 is 0. The van der Waals surface area contributed by atoms with Crippen molar-refractivity contribution in [3.63, 3.8) is 0 Å². The number of benzene rings is 1. The second-order valence-electron chi connectivity index (χ2n) is 9.10. The fourth-order valence-electron chi connectivity index (χ4n) is 3.99. The normalized spacial score (nSPS) is 24.8. The molecule has 7 nitrogen and oxygen atoms in total. The van der Waals surface area contributed by atoms with Crippen molar-refractivity contribution in [1.29, 1.82) is 0 Å². The third-order valence-corrected chi connectivity index (χ3v) is 5.53. The molecule has 0 spiro atoms. The minimum atomic E-state index is -0.548. The molecule has 4 rings (SSSR count). The second-order valence-corrected chi connectivity index (χ2v) is 9.10. The molecule has 0 radical (unpaired) electrons. The smallest absolute Gasteiger partial charge is 0.410 e. The minimum Gasteiger partial charge on any atom is -0.444 e. The number of amides is 1. The van der Waals surface area contributed by atoms with Gasteiger partial charge in [-0.25, -0.2) is 4.79 Å².